The number of rotatable bonds is 6. The molecule has 4 heterocycles. The summed E-state index contributed by atoms with van der Waals surface area (Å²) in [4.78, 5) is 17.4. The fourth-order valence-electron chi connectivity index (χ4n) is 3.94. The molecule has 0 amide bonds. The Kier molecular flexibility index (Phi) is 5.54. The number of nitrogens with one attached hydrogen (secondary N) is 1. The maximum Gasteiger partial charge on any atom is 0.257 e. The normalized spacial score (nSPS) is 14.7. The first-order valence-electron chi connectivity index (χ1n) is 10.8. The Bertz CT molecular complexity index is 1250. The number of nitrogens with zero attached hydrogens (tertiary/aromatic N) is 4. The zero-order valence-corrected chi connectivity index (χ0v) is 18.2. The Balaban J connectivity index is 1.30. The maximum atomic E-state index is 5.85. The van der Waals surface area contributed by atoms with Crippen LogP contribution in [0.4, 0.5) is 5.82 Å². The first-order chi connectivity index (χ1) is 15.7. The molecule has 1 N–H and O–H groups in total. The topological polar surface area (TPSA) is 82.0 Å². The minimum absolute atomic E-state index is 0.259. The second-order valence-electron chi connectivity index (χ2n) is 8.10. The molecule has 32 heavy (non-hydrogen) atoms. The molecule has 5 rings (SSSR count). The number of hydrogen-bond donors (Lipinski definition) is 1. The van der Waals surface area contributed by atoms with E-state index in [9.17, 15) is 0 Å². The molecule has 1 unspecified atom stereocenters. The second kappa shape index (κ2) is 8.78. The molecule has 0 bridgehead atoms. The van der Waals surface area contributed by atoms with Crippen LogP contribution in [-0.2, 0) is 0 Å². The van der Waals surface area contributed by atoms with Gasteiger partial charge in [-0.1, -0.05) is 26.0 Å². The van der Waals surface area contributed by atoms with Gasteiger partial charge in [0.05, 0.1) is 5.69 Å². The van der Waals surface area contributed by atoms with Crippen LogP contribution < -0.4 is 14.8 Å². The SMILES string of the molecule is CC(c1ccnc2c1OCCO2)[C@H](C)CNc1cc(-c2ccc3ccncc3c2)ncn1. The fraction of sp³-hybridized carbons (Fsp3) is 0.280. The molecule has 0 spiro atoms. The van der Waals surface area contributed by atoms with Crippen LogP contribution in [0.2, 0.25) is 0 Å². The van der Waals surface area contributed by atoms with Crippen molar-refractivity contribution in [2.45, 2.75) is 19.8 Å². The van der Waals surface area contributed by atoms with Crippen LogP contribution in [0.1, 0.15) is 25.3 Å². The summed E-state index contributed by atoms with van der Waals surface area (Å²) in [6.07, 6.45) is 7.06. The van der Waals surface area contributed by atoms with E-state index in [0.717, 1.165) is 45.7 Å². The van der Waals surface area contributed by atoms with Crippen molar-refractivity contribution in [1.82, 2.24) is 19.9 Å². The summed E-state index contributed by atoms with van der Waals surface area (Å²) in [7, 11) is 0. The van der Waals surface area contributed by atoms with Crippen molar-refractivity contribution >= 4 is 16.6 Å². The highest BCUT2D eigenvalue weighted by Crippen LogP contribution is 2.38. The lowest BCUT2D eigenvalue weighted by Gasteiger charge is -2.26. The van der Waals surface area contributed by atoms with Gasteiger partial charge in [-0.05, 0) is 35.4 Å². The van der Waals surface area contributed by atoms with Gasteiger partial charge < -0.3 is 14.8 Å². The van der Waals surface area contributed by atoms with E-state index in [2.05, 4.69) is 57.3 Å². The third kappa shape index (κ3) is 4.06. The molecule has 1 aliphatic rings. The first kappa shape index (κ1) is 20.2. The molecule has 0 aliphatic carbocycles. The van der Waals surface area contributed by atoms with E-state index >= 15 is 0 Å². The quantitative estimate of drug-likeness (QED) is 0.477. The van der Waals surface area contributed by atoms with E-state index in [4.69, 9.17) is 9.47 Å². The van der Waals surface area contributed by atoms with E-state index in [0.29, 0.717) is 25.0 Å². The fourth-order valence-corrected chi connectivity index (χ4v) is 3.94. The lowest BCUT2D eigenvalue weighted by molar-refractivity contribution is 0.161. The van der Waals surface area contributed by atoms with Crippen LogP contribution in [0.3, 0.4) is 0 Å². The van der Waals surface area contributed by atoms with Crippen LogP contribution >= 0.6 is 0 Å². The predicted octanol–water partition coefficient (Wildman–Crippen LogP) is 4.71. The smallest absolute Gasteiger partial charge is 0.257 e. The van der Waals surface area contributed by atoms with Gasteiger partial charge in [0.15, 0.2) is 5.75 Å². The van der Waals surface area contributed by atoms with Gasteiger partial charge >= 0.3 is 0 Å². The van der Waals surface area contributed by atoms with Crippen molar-refractivity contribution in [3.05, 3.63) is 66.9 Å². The van der Waals surface area contributed by atoms with Gasteiger partial charge in [0, 0.05) is 47.7 Å². The first-order valence-corrected chi connectivity index (χ1v) is 10.8. The molecule has 162 valence electrons. The number of benzene rings is 1. The summed E-state index contributed by atoms with van der Waals surface area (Å²) in [6.45, 7) is 6.27. The third-order valence-electron chi connectivity index (χ3n) is 6.02. The molecule has 7 nitrogen and oxygen atoms in total. The van der Waals surface area contributed by atoms with E-state index in [-0.39, 0.29) is 5.92 Å². The number of ether oxygens (including phenoxy) is 2. The number of aromatic nitrogens is 4. The van der Waals surface area contributed by atoms with Crippen LogP contribution in [0.5, 0.6) is 11.6 Å². The Morgan fingerprint density at radius 2 is 1.84 bits per heavy atom. The summed E-state index contributed by atoms with van der Waals surface area (Å²) in [5.41, 5.74) is 3.04. The van der Waals surface area contributed by atoms with Crippen LogP contribution in [0.25, 0.3) is 22.0 Å². The van der Waals surface area contributed by atoms with Gasteiger partial charge in [-0.25, -0.2) is 15.0 Å². The van der Waals surface area contributed by atoms with Crippen LogP contribution in [0.15, 0.2) is 61.3 Å². The van der Waals surface area contributed by atoms with Gasteiger partial charge in [-0.2, -0.15) is 0 Å². The van der Waals surface area contributed by atoms with Gasteiger partial charge in [-0.3, -0.25) is 4.98 Å². The predicted molar refractivity (Wildman–Crippen MR) is 124 cm³/mol. The molecule has 1 aliphatic heterocycles. The Hall–Kier alpha value is -3.74. The summed E-state index contributed by atoms with van der Waals surface area (Å²) in [5.74, 6) is 2.75. The second-order valence-corrected chi connectivity index (χ2v) is 8.10. The molecule has 3 aromatic heterocycles. The standard InChI is InChI=1S/C25H25N5O2/c1-16(17(2)21-6-8-27-25-24(21)31-9-10-32-25)13-28-23-12-22(29-15-30-23)19-4-3-18-5-7-26-14-20(18)11-19/h3-8,11-12,14-17H,9-10,13H2,1-2H3,(H,28,29,30)/t16-,17?/m1/s1. The Morgan fingerprint density at radius 3 is 2.78 bits per heavy atom. The molecule has 0 fully saturated rings. The number of fused-ring (bicyclic) bond motifs is 2. The minimum Gasteiger partial charge on any atom is -0.484 e. The molecular weight excluding hydrogens is 402 g/mol. The van der Waals surface area contributed by atoms with E-state index in [1.165, 1.54) is 0 Å². The van der Waals surface area contributed by atoms with E-state index in [1.54, 1.807) is 18.7 Å². The lowest BCUT2D eigenvalue weighted by atomic mass is 9.88. The highest BCUT2D eigenvalue weighted by Gasteiger charge is 2.24. The van der Waals surface area contributed by atoms with E-state index < -0.39 is 0 Å². The van der Waals surface area contributed by atoms with Gasteiger partial charge in [0.1, 0.15) is 25.4 Å². The monoisotopic (exact) mass is 427 g/mol. The minimum atomic E-state index is 0.259. The summed E-state index contributed by atoms with van der Waals surface area (Å²) < 4.78 is 11.5. The van der Waals surface area contributed by atoms with Crippen LogP contribution in [-0.4, -0.2) is 39.7 Å². The van der Waals surface area contributed by atoms with Crippen LogP contribution in [0, 0.1) is 5.92 Å². The number of anilines is 1. The highest BCUT2D eigenvalue weighted by molar-refractivity contribution is 5.86. The van der Waals surface area contributed by atoms with Crippen molar-refractivity contribution in [3.8, 4) is 22.9 Å². The largest absolute Gasteiger partial charge is 0.484 e. The van der Waals surface area contributed by atoms with Crippen molar-refractivity contribution in [1.29, 1.82) is 0 Å². The molecule has 7 heteroatoms. The zero-order valence-electron chi connectivity index (χ0n) is 18.2. The molecule has 2 atom stereocenters. The molecule has 0 saturated heterocycles. The molecule has 1 aromatic carbocycles. The maximum absolute atomic E-state index is 5.85. The zero-order chi connectivity index (χ0) is 21.9. The van der Waals surface area contributed by atoms with Crippen molar-refractivity contribution in [2.24, 2.45) is 5.92 Å². The lowest BCUT2D eigenvalue weighted by Crippen LogP contribution is -2.21. The summed E-state index contributed by atoms with van der Waals surface area (Å²) in [6, 6.07) is 12.3. The molecular formula is C25H25N5O2. The van der Waals surface area contributed by atoms with E-state index in [1.807, 2.05) is 24.4 Å². The Labute approximate surface area is 186 Å². The number of pyridine rings is 2. The summed E-state index contributed by atoms with van der Waals surface area (Å²) in [5, 5.41) is 5.72. The molecule has 4 aromatic rings. The van der Waals surface area contributed by atoms with Crippen molar-refractivity contribution < 1.29 is 9.47 Å². The average molecular weight is 428 g/mol. The number of hydrogen-bond acceptors (Lipinski definition) is 7. The van der Waals surface area contributed by atoms with Crippen molar-refractivity contribution in [2.75, 3.05) is 25.1 Å². The molecule has 0 radical (unpaired) electrons. The third-order valence-corrected chi connectivity index (χ3v) is 6.02. The van der Waals surface area contributed by atoms with Gasteiger partial charge in [-0.15, -0.1) is 0 Å². The highest BCUT2D eigenvalue weighted by atomic mass is 16.6. The van der Waals surface area contributed by atoms with Gasteiger partial charge in [0.25, 0.3) is 5.88 Å². The summed E-state index contributed by atoms with van der Waals surface area (Å²) >= 11 is 0. The van der Waals surface area contributed by atoms with Crippen molar-refractivity contribution in [3.63, 3.8) is 0 Å². The average Bonchev–Trinajstić information content (AvgIpc) is 2.86. The van der Waals surface area contributed by atoms with Gasteiger partial charge in [0.2, 0.25) is 0 Å². The Morgan fingerprint density at radius 1 is 0.938 bits per heavy atom. The molecule has 0 saturated carbocycles.